The van der Waals surface area contributed by atoms with Gasteiger partial charge in [0.1, 0.15) is 5.60 Å². The molecule has 1 atom stereocenters. The summed E-state index contributed by atoms with van der Waals surface area (Å²) in [7, 11) is 0.179. The molecule has 25 heavy (non-hydrogen) atoms. The van der Waals surface area contributed by atoms with E-state index in [1.165, 1.54) is 24.0 Å². The summed E-state index contributed by atoms with van der Waals surface area (Å²) < 4.78 is 6.61. The van der Waals surface area contributed by atoms with Crippen molar-refractivity contribution in [2.75, 3.05) is 19.1 Å². The Kier molecular flexibility index (Phi) is 7.24. The van der Waals surface area contributed by atoms with Crippen molar-refractivity contribution < 1.29 is 4.65 Å². The van der Waals surface area contributed by atoms with Gasteiger partial charge in [0, 0.05) is 14.5 Å². The summed E-state index contributed by atoms with van der Waals surface area (Å²) >= 11 is 1.75. The molecule has 0 aromatic heterocycles. The predicted molar refractivity (Wildman–Crippen MR) is 111 cm³/mol. The molecule has 0 aliphatic carbocycles. The Balaban J connectivity index is 0.000000528. The Morgan fingerprint density at radius 2 is 1.48 bits per heavy atom. The smallest absolute Gasteiger partial charge is 0.380 e. The number of fused-ring (bicyclic) bond motifs is 1. The molecule has 2 heterocycles. The van der Waals surface area contributed by atoms with E-state index < -0.39 is 0 Å². The van der Waals surface area contributed by atoms with Crippen LogP contribution in [0.3, 0.4) is 0 Å². The van der Waals surface area contributed by atoms with Crippen LogP contribution in [0.5, 0.6) is 0 Å². The van der Waals surface area contributed by atoms with Gasteiger partial charge in [-0.05, 0) is 49.8 Å². The van der Waals surface area contributed by atoms with E-state index in [0.717, 1.165) is 6.54 Å². The highest BCUT2D eigenvalue weighted by atomic mass is 32.2. The molecule has 0 saturated carbocycles. The summed E-state index contributed by atoms with van der Waals surface area (Å²) in [6.07, 6.45) is 6.55. The Bertz CT molecular complexity index is 601. The zero-order valence-electron chi connectivity index (χ0n) is 15.4. The summed E-state index contributed by atoms with van der Waals surface area (Å²) in [5.74, 6) is 0. The highest BCUT2D eigenvalue weighted by Gasteiger charge is 2.56. The number of hydrogen-bond donors (Lipinski definition) is 0. The molecule has 5 heteroatoms. The average Bonchev–Trinajstić information content (AvgIpc) is 3.21. The van der Waals surface area contributed by atoms with Gasteiger partial charge in [-0.2, -0.15) is 11.8 Å². The fraction of sp³-hybridized carbons (Fsp3) is 0.400. The fourth-order valence-corrected chi connectivity index (χ4v) is 4.14. The van der Waals surface area contributed by atoms with E-state index in [-0.39, 0.29) is 21.1 Å². The van der Waals surface area contributed by atoms with Gasteiger partial charge in [-0.3, -0.25) is 0 Å². The minimum Gasteiger partial charge on any atom is -0.406 e. The molecule has 2 fully saturated rings. The molecule has 2 aliphatic rings. The molecule has 0 unspecified atom stereocenters. The summed E-state index contributed by atoms with van der Waals surface area (Å²) in [5.41, 5.74) is 2.23. The zero-order chi connectivity index (χ0) is 17.0. The fourth-order valence-electron chi connectivity index (χ4n) is 4.14. The van der Waals surface area contributed by atoms with E-state index >= 15 is 0 Å². The molecule has 4 rings (SSSR count). The quantitative estimate of drug-likeness (QED) is 0.756. The minimum atomic E-state index is -0.321. The van der Waals surface area contributed by atoms with Gasteiger partial charge in [0.15, 0.2) is 0 Å². The van der Waals surface area contributed by atoms with Crippen LogP contribution < -0.4 is 0 Å². The molecule has 0 spiro atoms. The lowest BCUT2D eigenvalue weighted by molar-refractivity contribution is 0.106. The highest BCUT2D eigenvalue weighted by molar-refractivity contribution is 7.97. The standard InChI is InChI=1S/C18H20BNO.C2H6S.B/c1-19-20-14-8-13-17(20)18(21-19,15-9-4-2-5-10-15)16-11-6-3-7-12-16;1-3-2;/h2-7,9-12,17H,8,13-14H2,1H3;1-2H3;/t17-;;/m0../s1. The van der Waals surface area contributed by atoms with Crippen molar-refractivity contribution in [2.45, 2.75) is 31.3 Å². The summed E-state index contributed by atoms with van der Waals surface area (Å²) in [4.78, 5) is 2.53. The largest absolute Gasteiger partial charge is 0.406 e. The van der Waals surface area contributed by atoms with Gasteiger partial charge in [0.05, 0.1) is 0 Å². The number of rotatable bonds is 2. The van der Waals surface area contributed by atoms with E-state index in [0.29, 0.717) is 6.04 Å². The van der Waals surface area contributed by atoms with Crippen LogP contribution in [-0.4, -0.2) is 45.4 Å². The molecule has 3 radical (unpaired) electrons. The maximum absolute atomic E-state index is 6.61. The van der Waals surface area contributed by atoms with Crippen molar-refractivity contribution in [3.8, 4) is 0 Å². The molecule has 129 valence electrons. The number of hydrogen-bond acceptors (Lipinski definition) is 3. The van der Waals surface area contributed by atoms with Crippen LogP contribution in [0.4, 0.5) is 0 Å². The lowest BCUT2D eigenvalue weighted by Gasteiger charge is -2.36. The van der Waals surface area contributed by atoms with E-state index in [1.54, 1.807) is 11.8 Å². The molecule has 0 bridgehead atoms. The maximum Gasteiger partial charge on any atom is 0.380 e. The lowest BCUT2D eigenvalue weighted by atomic mass is 9.79. The Hall–Kier alpha value is -1.16. The highest BCUT2D eigenvalue weighted by Crippen LogP contribution is 2.48. The first-order valence-corrected chi connectivity index (χ1v) is 10.3. The van der Waals surface area contributed by atoms with Crippen LogP contribution in [0.15, 0.2) is 60.7 Å². The van der Waals surface area contributed by atoms with Gasteiger partial charge in [0.2, 0.25) is 0 Å². The van der Waals surface area contributed by atoms with E-state index in [1.807, 2.05) is 12.5 Å². The Morgan fingerprint density at radius 1 is 1.00 bits per heavy atom. The van der Waals surface area contributed by atoms with Crippen LogP contribution in [0.2, 0.25) is 6.82 Å². The van der Waals surface area contributed by atoms with Crippen LogP contribution in [0.1, 0.15) is 24.0 Å². The number of benzene rings is 2. The van der Waals surface area contributed by atoms with Crippen LogP contribution in [0, 0.1) is 0 Å². The first-order valence-electron chi connectivity index (χ1n) is 8.68. The average molecular weight is 350 g/mol. The van der Waals surface area contributed by atoms with Gasteiger partial charge in [-0.15, -0.1) is 0 Å². The van der Waals surface area contributed by atoms with Gasteiger partial charge in [-0.25, -0.2) is 0 Å². The van der Waals surface area contributed by atoms with Crippen LogP contribution in [-0.2, 0) is 10.3 Å². The predicted octanol–water partition coefficient (Wildman–Crippen LogP) is 4.14. The van der Waals surface area contributed by atoms with Crippen molar-refractivity contribution in [2.24, 2.45) is 0 Å². The molecule has 2 nitrogen and oxygen atoms in total. The van der Waals surface area contributed by atoms with Gasteiger partial charge in [0.25, 0.3) is 0 Å². The maximum atomic E-state index is 6.61. The second-order valence-corrected chi connectivity index (χ2v) is 7.31. The third-order valence-electron chi connectivity index (χ3n) is 4.99. The Labute approximate surface area is 159 Å². The second-order valence-electron chi connectivity index (χ2n) is 6.49. The summed E-state index contributed by atoms with van der Waals surface area (Å²) in [5, 5.41) is 0. The van der Waals surface area contributed by atoms with Crippen molar-refractivity contribution >= 4 is 27.2 Å². The monoisotopic (exact) mass is 350 g/mol. The van der Waals surface area contributed by atoms with Crippen LogP contribution >= 0.6 is 11.8 Å². The van der Waals surface area contributed by atoms with Crippen LogP contribution in [0.25, 0.3) is 0 Å². The topological polar surface area (TPSA) is 12.5 Å². The normalized spacial score (nSPS) is 21.1. The third-order valence-corrected chi connectivity index (χ3v) is 4.99. The van der Waals surface area contributed by atoms with E-state index in [9.17, 15) is 0 Å². The second kappa shape index (κ2) is 8.98. The van der Waals surface area contributed by atoms with Crippen molar-refractivity contribution in [1.82, 2.24) is 4.81 Å². The SMILES string of the molecule is CB1OC(c2ccccc2)(c2ccccc2)[C@@H]2CCCN12.CSC.[B]. The van der Waals surface area contributed by atoms with Crippen molar-refractivity contribution in [3.05, 3.63) is 71.8 Å². The summed E-state index contributed by atoms with van der Waals surface area (Å²) in [6.45, 7) is 3.33. The number of nitrogens with zero attached hydrogens (tertiary/aromatic N) is 1. The first-order chi connectivity index (χ1) is 11.7. The molecule has 0 amide bonds. The molecule has 0 N–H and O–H groups in total. The van der Waals surface area contributed by atoms with Crippen molar-refractivity contribution in [1.29, 1.82) is 0 Å². The zero-order valence-corrected chi connectivity index (χ0v) is 16.2. The van der Waals surface area contributed by atoms with E-state index in [4.69, 9.17) is 4.65 Å². The molecule has 2 saturated heterocycles. The van der Waals surface area contributed by atoms with Gasteiger partial charge in [-0.1, -0.05) is 60.7 Å². The molecule has 2 aromatic carbocycles. The Morgan fingerprint density at radius 3 is 1.96 bits per heavy atom. The number of thioether (sulfide) groups is 1. The lowest BCUT2D eigenvalue weighted by Crippen LogP contribution is -2.41. The molecule has 2 aliphatic heterocycles. The third kappa shape index (κ3) is 3.69. The van der Waals surface area contributed by atoms with Gasteiger partial charge >= 0.3 is 7.05 Å². The van der Waals surface area contributed by atoms with Crippen molar-refractivity contribution in [3.63, 3.8) is 0 Å². The van der Waals surface area contributed by atoms with E-state index in [2.05, 4.69) is 72.3 Å². The first kappa shape index (κ1) is 20.2. The minimum absolute atomic E-state index is 0. The molecular weight excluding hydrogens is 324 g/mol. The molecule has 2 aromatic rings. The molecular formula is C20H26B2NOS. The van der Waals surface area contributed by atoms with Gasteiger partial charge < -0.3 is 9.47 Å². The summed E-state index contributed by atoms with van der Waals surface area (Å²) in [6, 6.07) is 21.9.